The fourth-order valence-corrected chi connectivity index (χ4v) is 11.8. The van der Waals surface area contributed by atoms with E-state index in [0.717, 1.165) is 31.1 Å². The minimum Gasteiger partial charge on any atom is -0.461 e. The lowest BCUT2D eigenvalue weighted by Gasteiger charge is -2.64. The van der Waals surface area contributed by atoms with Gasteiger partial charge in [0.15, 0.2) is 0 Å². The zero-order valence-corrected chi connectivity index (χ0v) is 25.1. The molecule has 5 aliphatic rings. The van der Waals surface area contributed by atoms with Crippen LogP contribution in [0, 0.1) is 50.7 Å². The fraction of sp³-hybridized carbons (Fsp3) is 0.909. The zero-order valence-electron chi connectivity index (χ0n) is 25.1. The summed E-state index contributed by atoms with van der Waals surface area (Å²) in [6.45, 7) is 17.6. The summed E-state index contributed by atoms with van der Waals surface area (Å²) in [5, 5.41) is 0. The van der Waals surface area contributed by atoms with Crippen LogP contribution >= 0.6 is 0 Å². The van der Waals surface area contributed by atoms with E-state index in [1.807, 2.05) is 7.11 Å². The number of esters is 1. The largest absolute Gasteiger partial charge is 0.461 e. The van der Waals surface area contributed by atoms with Crippen LogP contribution in [0.3, 0.4) is 0 Å². The van der Waals surface area contributed by atoms with E-state index in [0.29, 0.717) is 28.8 Å². The molecular weight excluding hydrogens is 458 g/mol. The van der Waals surface area contributed by atoms with Gasteiger partial charge in [0.25, 0.3) is 0 Å². The highest BCUT2D eigenvalue weighted by Crippen LogP contribution is 2.70. The van der Waals surface area contributed by atoms with E-state index in [9.17, 15) is 4.79 Å². The monoisotopic (exact) mass is 513 g/mol. The lowest BCUT2D eigenvalue weighted by atomic mass is 9.42. The standard InChI is InChI=1S/C33H55NO3/c1-29(2)24-13-16-31(5)19-21-9-11-23-30(3,4)27(37-28(35)20-34)15-17-32(23,6)22(21)10-12-25(31)33(24,7)18-14-26(29)36-8/h9,22-27H,10-20,34H2,1-8H3/t22-,23-,24?,25?,26-,27+,31-,32+,33-/m0/s1. The van der Waals surface area contributed by atoms with E-state index in [1.165, 1.54) is 44.9 Å². The summed E-state index contributed by atoms with van der Waals surface area (Å²) >= 11 is 0. The van der Waals surface area contributed by atoms with Gasteiger partial charge in [-0.25, -0.2) is 0 Å². The van der Waals surface area contributed by atoms with Crippen LogP contribution in [0.2, 0.25) is 0 Å². The summed E-state index contributed by atoms with van der Waals surface area (Å²) in [6.07, 6.45) is 15.4. The molecule has 5 rings (SSSR count). The van der Waals surface area contributed by atoms with Gasteiger partial charge in [0.2, 0.25) is 0 Å². The Morgan fingerprint density at radius 2 is 1.49 bits per heavy atom. The van der Waals surface area contributed by atoms with Crippen molar-refractivity contribution in [2.45, 2.75) is 125 Å². The highest BCUT2D eigenvalue weighted by atomic mass is 16.5. The van der Waals surface area contributed by atoms with Crippen LogP contribution in [0.4, 0.5) is 0 Å². The Morgan fingerprint density at radius 3 is 2.16 bits per heavy atom. The molecule has 9 atom stereocenters. The Bertz CT molecular complexity index is 938. The molecule has 2 N–H and O–H groups in total. The molecule has 4 saturated carbocycles. The van der Waals surface area contributed by atoms with Crippen molar-refractivity contribution in [3.63, 3.8) is 0 Å². The first kappa shape index (κ1) is 27.7. The predicted octanol–water partition coefficient (Wildman–Crippen LogP) is 7.30. The molecule has 2 unspecified atom stereocenters. The van der Waals surface area contributed by atoms with Crippen LogP contribution in [0.15, 0.2) is 11.6 Å². The molecule has 4 heteroatoms. The predicted molar refractivity (Wildman–Crippen MR) is 150 cm³/mol. The molecule has 0 heterocycles. The molecule has 0 amide bonds. The number of methoxy groups -OCH3 is 1. The maximum absolute atomic E-state index is 12.1. The number of hydrogen-bond donors (Lipinski definition) is 1. The van der Waals surface area contributed by atoms with Crippen molar-refractivity contribution < 1.29 is 14.3 Å². The molecule has 0 aromatic rings. The van der Waals surface area contributed by atoms with E-state index < -0.39 is 0 Å². The number of rotatable bonds is 3. The minimum atomic E-state index is -0.255. The molecule has 0 saturated heterocycles. The first-order chi connectivity index (χ1) is 17.2. The van der Waals surface area contributed by atoms with Gasteiger partial charge in [-0.1, -0.05) is 60.1 Å². The highest BCUT2D eigenvalue weighted by Gasteiger charge is 2.63. The normalized spacial score (nSPS) is 48.3. The highest BCUT2D eigenvalue weighted by molar-refractivity contribution is 5.71. The molecule has 0 radical (unpaired) electrons. The van der Waals surface area contributed by atoms with Crippen molar-refractivity contribution >= 4 is 5.97 Å². The Hall–Kier alpha value is -0.870. The number of hydrogen-bond acceptors (Lipinski definition) is 4. The third kappa shape index (κ3) is 4.00. The summed E-state index contributed by atoms with van der Waals surface area (Å²) in [5.41, 5.74) is 8.64. The first-order valence-electron chi connectivity index (χ1n) is 15.4. The van der Waals surface area contributed by atoms with E-state index in [4.69, 9.17) is 15.2 Å². The molecule has 210 valence electrons. The Balaban J connectivity index is 1.44. The van der Waals surface area contributed by atoms with Gasteiger partial charge >= 0.3 is 5.97 Å². The summed E-state index contributed by atoms with van der Waals surface area (Å²) in [4.78, 5) is 12.1. The van der Waals surface area contributed by atoms with Crippen molar-refractivity contribution in [1.82, 2.24) is 0 Å². The Labute approximate surface area is 226 Å². The lowest BCUT2D eigenvalue weighted by molar-refractivity contribution is -0.178. The number of ether oxygens (including phenoxy) is 2. The first-order valence-corrected chi connectivity index (χ1v) is 15.4. The smallest absolute Gasteiger partial charge is 0.319 e. The van der Waals surface area contributed by atoms with E-state index in [1.54, 1.807) is 5.57 Å². The molecule has 37 heavy (non-hydrogen) atoms. The summed E-state index contributed by atoms with van der Waals surface area (Å²) < 4.78 is 12.0. The van der Waals surface area contributed by atoms with Crippen LogP contribution in [0.1, 0.15) is 113 Å². The second-order valence-corrected chi connectivity index (χ2v) is 15.8. The van der Waals surface area contributed by atoms with E-state index in [-0.39, 0.29) is 34.9 Å². The molecule has 0 aromatic carbocycles. The van der Waals surface area contributed by atoms with Crippen LogP contribution in [0.25, 0.3) is 0 Å². The van der Waals surface area contributed by atoms with Crippen molar-refractivity contribution in [2.75, 3.05) is 13.7 Å². The third-order valence-electron chi connectivity index (χ3n) is 13.5. The van der Waals surface area contributed by atoms with Crippen molar-refractivity contribution in [1.29, 1.82) is 0 Å². The molecule has 0 bridgehead atoms. The number of allylic oxidation sites excluding steroid dienone is 2. The van der Waals surface area contributed by atoms with Gasteiger partial charge in [-0.15, -0.1) is 0 Å². The maximum atomic E-state index is 12.1. The van der Waals surface area contributed by atoms with Gasteiger partial charge in [-0.05, 0) is 110 Å². The van der Waals surface area contributed by atoms with Crippen LogP contribution in [-0.4, -0.2) is 31.8 Å². The number of carbonyl (C=O) groups is 1. The summed E-state index contributed by atoms with van der Waals surface area (Å²) in [6, 6.07) is 0. The summed E-state index contributed by atoms with van der Waals surface area (Å²) in [5.74, 6) is 2.45. The second-order valence-electron chi connectivity index (χ2n) is 15.8. The average Bonchev–Trinajstić information content (AvgIpc) is 2.97. The van der Waals surface area contributed by atoms with Gasteiger partial charge < -0.3 is 15.2 Å². The quantitative estimate of drug-likeness (QED) is 0.318. The number of nitrogens with two attached hydrogens (primary N) is 1. The van der Waals surface area contributed by atoms with Crippen LogP contribution in [-0.2, 0) is 14.3 Å². The van der Waals surface area contributed by atoms with Gasteiger partial charge in [-0.3, -0.25) is 4.79 Å². The number of carbonyl (C=O) groups excluding carboxylic acids is 1. The number of fused-ring (bicyclic) bond motifs is 6. The van der Waals surface area contributed by atoms with Crippen LogP contribution in [0.5, 0.6) is 0 Å². The van der Waals surface area contributed by atoms with Gasteiger partial charge in [0, 0.05) is 12.5 Å². The van der Waals surface area contributed by atoms with E-state index >= 15 is 0 Å². The Morgan fingerprint density at radius 1 is 0.838 bits per heavy atom. The second kappa shape index (κ2) is 9.08. The molecular formula is C33H55NO3. The molecule has 4 nitrogen and oxygen atoms in total. The van der Waals surface area contributed by atoms with Gasteiger partial charge in [-0.2, -0.15) is 0 Å². The van der Waals surface area contributed by atoms with Crippen LogP contribution < -0.4 is 5.73 Å². The van der Waals surface area contributed by atoms with Crippen molar-refractivity contribution in [3.8, 4) is 0 Å². The molecule has 0 spiro atoms. The minimum absolute atomic E-state index is 0.0249. The van der Waals surface area contributed by atoms with E-state index in [2.05, 4.69) is 54.5 Å². The van der Waals surface area contributed by atoms with Crippen molar-refractivity contribution in [2.24, 2.45) is 56.5 Å². The molecule has 4 fully saturated rings. The maximum Gasteiger partial charge on any atom is 0.319 e. The topological polar surface area (TPSA) is 61.5 Å². The fourth-order valence-electron chi connectivity index (χ4n) is 11.8. The van der Waals surface area contributed by atoms with Gasteiger partial charge in [0.1, 0.15) is 6.10 Å². The average molecular weight is 514 g/mol. The van der Waals surface area contributed by atoms with Crippen molar-refractivity contribution in [3.05, 3.63) is 11.6 Å². The SMILES string of the molecule is CO[C@H]1CC[C@@]2(C)C(CC[C@@]3(C)CC4=CC[C@H]5C(C)(C)[C@H](OC(=O)CN)CC[C@]5(C)[C@H]4CCC32)C1(C)C. The zero-order chi connectivity index (χ0) is 27.0. The molecule has 0 aromatic heterocycles. The third-order valence-corrected chi connectivity index (χ3v) is 13.5. The molecule has 5 aliphatic carbocycles. The molecule has 0 aliphatic heterocycles. The Kier molecular flexibility index (Phi) is 6.80. The lowest BCUT2D eigenvalue weighted by Crippen LogP contribution is -2.58. The van der Waals surface area contributed by atoms with Gasteiger partial charge in [0.05, 0.1) is 12.6 Å². The summed E-state index contributed by atoms with van der Waals surface area (Å²) in [7, 11) is 1.93.